The fraction of sp³-hybridized carbons (Fsp3) is 0.176. The Bertz CT molecular complexity index is 801. The smallest absolute Gasteiger partial charge is 0.387 e. The van der Waals surface area contributed by atoms with E-state index in [1.54, 1.807) is 11.3 Å². The molecule has 1 N–H and O–H groups in total. The first kappa shape index (κ1) is 16.3. The minimum atomic E-state index is -2.88. The highest BCUT2D eigenvalue weighted by Crippen LogP contribution is 2.21. The quantitative estimate of drug-likeness (QED) is 0.736. The van der Waals surface area contributed by atoms with Crippen LogP contribution in [0.25, 0.3) is 10.2 Å². The van der Waals surface area contributed by atoms with Crippen molar-refractivity contribution in [3.05, 3.63) is 59.1 Å². The van der Waals surface area contributed by atoms with Crippen LogP contribution >= 0.6 is 11.3 Å². The van der Waals surface area contributed by atoms with Gasteiger partial charge in [0.1, 0.15) is 5.75 Å². The van der Waals surface area contributed by atoms with E-state index in [-0.39, 0.29) is 11.7 Å². The summed E-state index contributed by atoms with van der Waals surface area (Å²) in [5.74, 6) is -0.240. The fourth-order valence-corrected chi connectivity index (χ4v) is 3.17. The maximum atomic E-state index is 12.1. The molecule has 0 aliphatic carbocycles. The lowest BCUT2D eigenvalue weighted by Gasteiger charge is -2.06. The van der Waals surface area contributed by atoms with Gasteiger partial charge in [-0.25, -0.2) is 4.98 Å². The van der Waals surface area contributed by atoms with Crippen LogP contribution in [0.3, 0.4) is 0 Å². The number of fused-ring (bicyclic) bond motifs is 1. The molecule has 3 rings (SSSR count). The highest BCUT2D eigenvalue weighted by molar-refractivity contribution is 7.18. The van der Waals surface area contributed by atoms with Gasteiger partial charge < -0.3 is 10.1 Å². The maximum absolute atomic E-state index is 12.1. The van der Waals surface area contributed by atoms with Crippen molar-refractivity contribution in [1.82, 2.24) is 10.3 Å². The Kier molecular flexibility index (Phi) is 5.00. The molecule has 0 unspecified atom stereocenters. The molecular formula is C17H14F2N2O2S. The highest BCUT2D eigenvalue weighted by Gasteiger charge is 2.08. The zero-order valence-corrected chi connectivity index (χ0v) is 13.4. The third-order valence-corrected chi connectivity index (χ3v) is 4.40. The summed E-state index contributed by atoms with van der Waals surface area (Å²) in [4.78, 5) is 16.5. The molecule has 4 nitrogen and oxygen atoms in total. The van der Waals surface area contributed by atoms with Crippen molar-refractivity contribution < 1.29 is 18.3 Å². The van der Waals surface area contributed by atoms with Gasteiger partial charge in [0.15, 0.2) is 0 Å². The molecule has 7 heteroatoms. The second kappa shape index (κ2) is 7.35. The summed E-state index contributed by atoms with van der Waals surface area (Å²) in [5.41, 5.74) is 1.35. The van der Waals surface area contributed by atoms with Gasteiger partial charge in [-0.05, 0) is 36.4 Å². The van der Waals surface area contributed by atoms with Gasteiger partial charge in [0.05, 0.1) is 15.2 Å². The van der Waals surface area contributed by atoms with Gasteiger partial charge in [-0.1, -0.05) is 12.1 Å². The van der Waals surface area contributed by atoms with Gasteiger partial charge in [-0.2, -0.15) is 8.78 Å². The van der Waals surface area contributed by atoms with Gasteiger partial charge in [0.25, 0.3) is 5.91 Å². The number of hydrogen-bond acceptors (Lipinski definition) is 4. The van der Waals surface area contributed by atoms with Gasteiger partial charge in [0.2, 0.25) is 0 Å². The van der Waals surface area contributed by atoms with Gasteiger partial charge in [-0.3, -0.25) is 4.79 Å². The van der Waals surface area contributed by atoms with Crippen molar-refractivity contribution in [3.63, 3.8) is 0 Å². The monoisotopic (exact) mass is 348 g/mol. The molecule has 24 heavy (non-hydrogen) atoms. The van der Waals surface area contributed by atoms with E-state index in [2.05, 4.69) is 15.0 Å². The fourth-order valence-electron chi connectivity index (χ4n) is 2.20. The summed E-state index contributed by atoms with van der Waals surface area (Å²) in [5, 5.41) is 3.75. The Hall–Kier alpha value is -2.54. The third kappa shape index (κ3) is 4.05. The number of halogens is 2. The van der Waals surface area contributed by atoms with E-state index in [9.17, 15) is 13.6 Å². The molecule has 3 aromatic rings. The van der Waals surface area contributed by atoms with Crippen molar-refractivity contribution in [2.24, 2.45) is 0 Å². The molecule has 0 bridgehead atoms. The van der Waals surface area contributed by atoms with Crippen molar-refractivity contribution in [2.75, 3.05) is 6.54 Å². The number of thiazole rings is 1. The van der Waals surface area contributed by atoms with Crippen LogP contribution in [0.4, 0.5) is 8.78 Å². The van der Waals surface area contributed by atoms with Crippen LogP contribution in [-0.2, 0) is 6.42 Å². The van der Waals surface area contributed by atoms with E-state index in [1.807, 2.05) is 24.3 Å². The summed E-state index contributed by atoms with van der Waals surface area (Å²) in [6.07, 6.45) is 0.637. The van der Waals surface area contributed by atoms with Crippen molar-refractivity contribution in [2.45, 2.75) is 13.0 Å². The van der Waals surface area contributed by atoms with Crippen molar-refractivity contribution >= 4 is 27.5 Å². The number of ether oxygens (including phenoxy) is 1. The van der Waals surface area contributed by atoms with E-state index in [0.29, 0.717) is 18.5 Å². The molecule has 1 aromatic heterocycles. The van der Waals surface area contributed by atoms with Gasteiger partial charge >= 0.3 is 6.61 Å². The standard InChI is InChI=1S/C17H14F2N2O2S/c18-17(19)23-12-7-5-11(6-8-12)16(22)20-10-9-15-21-13-3-1-2-4-14(13)24-15/h1-8,17H,9-10H2,(H,20,22). The second-order valence-electron chi connectivity index (χ2n) is 4.98. The molecule has 0 saturated heterocycles. The van der Waals surface area contributed by atoms with Crippen LogP contribution in [0.5, 0.6) is 5.75 Å². The van der Waals surface area contributed by atoms with E-state index < -0.39 is 6.61 Å². The molecule has 0 aliphatic heterocycles. The number of carbonyl (C=O) groups excluding carboxylic acids is 1. The Morgan fingerprint density at radius 1 is 1.17 bits per heavy atom. The number of carbonyl (C=O) groups is 1. The average Bonchev–Trinajstić information content (AvgIpc) is 2.97. The molecule has 0 aliphatic rings. The van der Waals surface area contributed by atoms with Gasteiger partial charge in [-0.15, -0.1) is 11.3 Å². The maximum Gasteiger partial charge on any atom is 0.387 e. The Balaban J connectivity index is 1.53. The molecule has 0 radical (unpaired) electrons. The van der Waals surface area contributed by atoms with Crippen molar-refractivity contribution in [1.29, 1.82) is 0 Å². The zero-order valence-electron chi connectivity index (χ0n) is 12.5. The molecular weight excluding hydrogens is 334 g/mol. The lowest BCUT2D eigenvalue weighted by Crippen LogP contribution is -2.25. The zero-order chi connectivity index (χ0) is 16.9. The first-order valence-electron chi connectivity index (χ1n) is 7.29. The molecule has 0 atom stereocenters. The lowest BCUT2D eigenvalue weighted by atomic mass is 10.2. The second-order valence-corrected chi connectivity index (χ2v) is 6.10. The summed E-state index contributed by atoms with van der Waals surface area (Å²) in [6, 6.07) is 13.5. The molecule has 0 fully saturated rings. The Labute approximate surface area is 141 Å². The number of nitrogens with zero attached hydrogens (tertiary/aromatic N) is 1. The number of alkyl halides is 2. The van der Waals surface area contributed by atoms with Gasteiger partial charge in [0, 0.05) is 18.5 Å². The van der Waals surface area contributed by atoms with E-state index >= 15 is 0 Å². The van der Waals surface area contributed by atoms with Crippen LogP contribution < -0.4 is 10.1 Å². The largest absolute Gasteiger partial charge is 0.435 e. The number of nitrogens with one attached hydrogen (secondary N) is 1. The topological polar surface area (TPSA) is 51.2 Å². The van der Waals surface area contributed by atoms with E-state index in [4.69, 9.17) is 0 Å². The van der Waals surface area contributed by atoms with E-state index in [0.717, 1.165) is 15.2 Å². The first-order chi connectivity index (χ1) is 11.6. The van der Waals surface area contributed by atoms with Crippen LogP contribution in [0, 0.1) is 0 Å². The first-order valence-corrected chi connectivity index (χ1v) is 8.11. The highest BCUT2D eigenvalue weighted by atomic mass is 32.1. The number of amides is 1. The summed E-state index contributed by atoms with van der Waals surface area (Å²) in [7, 11) is 0. The Morgan fingerprint density at radius 2 is 1.92 bits per heavy atom. The number of aromatic nitrogens is 1. The minimum Gasteiger partial charge on any atom is -0.435 e. The van der Waals surface area contributed by atoms with Crippen LogP contribution in [0.1, 0.15) is 15.4 Å². The minimum absolute atomic E-state index is 0.0241. The number of hydrogen-bond donors (Lipinski definition) is 1. The number of para-hydroxylation sites is 1. The SMILES string of the molecule is O=C(NCCc1nc2ccccc2s1)c1ccc(OC(F)F)cc1. The predicted octanol–water partition coefficient (Wildman–Crippen LogP) is 3.87. The summed E-state index contributed by atoms with van der Waals surface area (Å²) in [6.45, 7) is -2.42. The van der Waals surface area contributed by atoms with Crippen LogP contribution in [-0.4, -0.2) is 24.0 Å². The molecule has 124 valence electrons. The normalized spacial score (nSPS) is 11.0. The van der Waals surface area contributed by atoms with Crippen LogP contribution in [0.15, 0.2) is 48.5 Å². The Morgan fingerprint density at radius 3 is 2.62 bits per heavy atom. The summed E-state index contributed by atoms with van der Waals surface area (Å²) >= 11 is 1.60. The number of benzene rings is 2. The van der Waals surface area contributed by atoms with Crippen molar-refractivity contribution in [3.8, 4) is 5.75 Å². The summed E-state index contributed by atoms with van der Waals surface area (Å²) < 4.78 is 29.5. The van der Waals surface area contributed by atoms with Crippen LogP contribution in [0.2, 0.25) is 0 Å². The third-order valence-electron chi connectivity index (χ3n) is 3.30. The van der Waals surface area contributed by atoms with E-state index in [1.165, 1.54) is 24.3 Å². The number of rotatable bonds is 6. The lowest BCUT2D eigenvalue weighted by molar-refractivity contribution is -0.0498. The molecule has 2 aromatic carbocycles. The molecule has 0 spiro atoms. The molecule has 1 heterocycles. The molecule has 1 amide bonds. The molecule has 0 saturated carbocycles. The average molecular weight is 348 g/mol. The predicted molar refractivity (Wildman–Crippen MR) is 88.7 cm³/mol.